The molecule has 0 saturated carbocycles. The fraction of sp³-hybridized carbons (Fsp3) is 0.333. The van der Waals surface area contributed by atoms with Crippen molar-refractivity contribution < 1.29 is 9.66 Å². The Morgan fingerprint density at radius 2 is 1.91 bits per heavy atom. The monoisotopic (exact) mass is 355 g/mol. The quantitative estimate of drug-likeness (QED) is 0.502. The van der Waals surface area contributed by atoms with Gasteiger partial charge in [0.2, 0.25) is 0 Å². The molecule has 0 unspecified atom stereocenters. The van der Waals surface area contributed by atoms with Crippen LogP contribution in [0.1, 0.15) is 19.3 Å². The average Bonchev–Trinajstić information content (AvgIpc) is 2.98. The average molecular weight is 356 g/mol. The Kier molecular flexibility index (Phi) is 4.63. The Bertz CT molecular complexity index is 670. The molecule has 8 heteroatoms. The summed E-state index contributed by atoms with van der Waals surface area (Å²) in [6, 6.07) is 7.08. The number of piperidine rings is 1. The Labute approximate surface area is 143 Å². The zero-order chi connectivity index (χ0) is 16.4. The lowest BCUT2D eigenvalue weighted by Crippen LogP contribution is -2.28. The van der Waals surface area contributed by atoms with Gasteiger partial charge in [-0.1, -0.05) is 35.3 Å². The smallest absolute Gasteiger partial charge is 0.350 e. The number of fused-ring (bicyclic) bond motifs is 1. The van der Waals surface area contributed by atoms with E-state index in [1.807, 2.05) is 11.0 Å². The van der Waals surface area contributed by atoms with Gasteiger partial charge in [0.05, 0.1) is 10.6 Å². The Hall–Kier alpha value is -1.92. The molecule has 0 atom stereocenters. The molecule has 122 valence electrons. The number of nitro groups is 1. The Morgan fingerprint density at radius 3 is 2.57 bits per heavy atom. The van der Waals surface area contributed by atoms with Crippen LogP contribution < -0.4 is 10.1 Å². The molecule has 0 aliphatic carbocycles. The number of nitrogens with one attached hydrogen (secondary N) is 1. The zero-order valence-electron chi connectivity index (χ0n) is 12.2. The van der Waals surface area contributed by atoms with E-state index in [2.05, 4.69) is 5.32 Å². The second kappa shape index (κ2) is 6.68. The van der Waals surface area contributed by atoms with Crippen molar-refractivity contribution in [2.45, 2.75) is 19.3 Å². The summed E-state index contributed by atoms with van der Waals surface area (Å²) in [4.78, 5) is 12.8. The van der Waals surface area contributed by atoms with Crippen LogP contribution in [0.4, 0.5) is 5.69 Å². The van der Waals surface area contributed by atoms with E-state index in [1.54, 1.807) is 18.2 Å². The van der Waals surface area contributed by atoms with Gasteiger partial charge in [-0.15, -0.1) is 0 Å². The zero-order valence-corrected chi connectivity index (χ0v) is 13.7. The van der Waals surface area contributed by atoms with Gasteiger partial charge in [0.25, 0.3) is 5.88 Å². The minimum absolute atomic E-state index is 0.0173. The molecule has 2 heterocycles. The van der Waals surface area contributed by atoms with Crippen molar-refractivity contribution in [1.29, 1.82) is 0 Å². The van der Waals surface area contributed by atoms with Crippen LogP contribution in [0.3, 0.4) is 0 Å². The Balaban J connectivity index is 1.96. The van der Waals surface area contributed by atoms with Crippen molar-refractivity contribution in [3.05, 3.63) is 56.1 Å². The first kappa shape index (κ1) is 16.0. The SMILES string of the molecule is O=[N+]([O-])C(=C1/Nc2ccccc2O1)/C(Cl)=C(\Cl)N1CCCCC1. The highest BCUT2D eigenvalue weighted by Gasteiger charge is 2.33. The van der Waals surface area contributed by atoms with Gasteiger partial charge >= 0.3 is 5.70 Å². The molecule has 1 saturated heterocycles. The fourth-order valence-electron chi connectivity index (χ4n) is 2.61. The van der Waals surface area contributed by atoms with E-state index in [9.17, 15) is 10.1 Å². The van der Waals surface area contributed by atoms with Crippen LogP contribution in [0, 0.1) is 10.1 Å². The first-order valence-corrected chi connectivity index (χ1v) is 8.06. The lowest BCUT2D eigenvalue weighted by atomic mass is 10.1. The third-order valence-corrected chi connectivity index (χ3v) is 4.65. The lowest BCUT2D eigenvalue weighted by molar-refractivity contribution is -0.422. The van der Waals surface area contributed by atoms with Crippen LogP contribution >= 0.6 is 23.2 Å². The molecule has 0 bridgehead atoms. The van der Waals surface area contributed by atoms with Crippen molar-refractivity contribution in [1.82, 2.24) is 4.90 Å². The second-order valence-corrected chi connectivity index (χ2v) is 6.05. The fourth-order valence-corrected chi connectivity index (χ4v) is 3.15. The van der Waals surface area contributed by atoms with Gasteiger partial charge in [-0.05, 0) is 31.4 Å². The Morgan fingerprint density at radius 1 is 1.22 bits per heavy atom. The van der Waals surface area contributed by atoms with E-state index in [1.165, 1.54) is 0 Å². The number of likely N-dealkylation sites (tertiary alicyclic amines) is 1. The number of halogens is 2. The predicted molar refractivity (Wildman–Crippen MR) is 88.9 cm³/mol. The van der Waals surface area contributed by atoms with Crippen LogP contribution in [0.25, 0.3) is 0 Å². The minimum Gasteiger partial charge on any atom is -0.433 e. The number of hydrogen-bond acceptors (Lipinski definition) is 5. The van der Waals surface area contributed by atoms with Gasteiger partial charge in [0.15, 0.2) is 10.8 Å². The first-order valence-electron chi connectivity index (χ1n) is 7.31. The second-order valence-electron chi connectivity index (χ2n) is 5.31. The van der Waals surface area contributed by atoms with E-state index >= 15 is 0 Å². The summed E-state index contributed by atoms with van der Waals surface area (Å²) in [5.41, 5.74) is 0.291. The first-order chi connectivity index (χ1) is 11.1. The third-order valence-electron chi connectivity index (χ3n) is 3.77. The number of benzene rings is 1. The summed E-state index contributed by atoms with van der Waals surface area (Å²) >= 11 is 12.5. The molecular formula is C15H15Cl2N3O3. The van der Waals surface area contributed by atoms with Crippen molar-refractivity contribution >= 4 is 28.9 Å². The van der Waals surface area contributed by atoms with Crippen LogP contribution in [-0.2, 0) is 0 Å². The normalized spacial score (nSPS) is 20.2. The third kappa shape index (κ3) is 3.23. The van der Waals surface area contributed by atoms with Crippen LogP contribution in [0.15, 0.2) is 46.0 Å². The highest BCUT2D eigenvalue weighted by atomic mass is 35.5. The summed E-state index contributed by atoms with van der Waals surface area (Å²) < 4.78 is 5.52. The topological polar surface area (TPSA) is 67.6 Å². The van der Waals surface area contributed by atoms with Gasteiger partial charge in [0, 0.05) is 13.1 Å². The maximum atomic E-state index is 11.5. The number of rotatable bonds is 3. The van der Waals surface area contributed by atoms with E-state index in [4.69, 9.17) is 27.9 Å². The van der Waals surface area contributed by atoms with Gasteiger partial charge < -0.3 is 15.0 Å². The number of ether oxygens (including phenoxy) is 1. The highest BCUT2D eigenvalue weighted by molar-refractivity contribution is 6.40. The van der Waals surface area contributed by atoms with Crippen molar-refractivity contribution in [2.75, 3.05) is 18.4 Å². The molecule has 1 fully saturated rings. The largest absolute Gasteiger partial charge is 0.433 e. The molecule has 1 N–H and O–H groups in total. The standard InChI is InChI=1S/C15H15Cl2N3O3/c16-12(14(17)19-8-4-1-5-9-19)13(20(21)22)15-18-10-6-2-3-7-11(10)23-15/h2-3,6-7,18H,1,4-5,8-9H2/b14-12-,15-13-. The van der Waals surface area contributed by atoms with Crippen molar-refractivity contribution in [3.63, 3.8) is 0 Å². The van der Waals surface area contributed by atoms with E-state index in [0.29, 0.717) is 11.4 Å². The van der Waals surface area contributed by atoms with E-state index in [0.717, 1.165) is 32.4 Å². The predicted octanol–water partition coefficient (Wildman–Crippen LogP) is 4.07. The molecule has 0 spiro atoms. The van der Waals surface area contributed by atoms with Crippen LogP contribution in [-0.4, -0.2) is 22.9 Å². The lowest BCUT2D eigenvalue weighted by Gasteiger charge is -2.28. The van der Waals surface area contributed by atoms with E-state index in [-0.39, 0.29) is 21.8 Å². The van der Waals surface area contributed by atoms with Crippen molar-refractivity contribution in [2.24, 2.45) is 0 Å². The summed E-state index contributed by atoms with van der Waals surface area (Å²) in [7, 11) is 0. The minimum atomic E-state index is -0.580. The molecule has 23 heavy (non-hydrogen) atoms. The molecule has 6 nitrogen and oxygen atoms in total. The van der Waals surface area contributed by atoms with Gasteiger partial charge in [-0.2, -0.15) is 0 Å². The molecule has 0 radical (unpaired) electrons. The number of hydrogen-bond donors (Lipinski definition) is 1. The summed E-state index contributed by atoms with van der Waals surface area (Å²) in [6.45, 7) is 1.48. The molecule has 1 aromatic rings. The van der Waals surface area contributed by atoms with Gasteiger partial charge in [0.1, 0.15) is 5.16 Å². The number of para-hydroxylation sites is 2. The molecule has 0 amide bonds. The van der Waals surface area contributed by atoms with E-state index < -0.39 is 4.92 Å². The number of allylic oxidation sites excluding steroid dienone is 1. The molecule has 2 aliphatic rings. The van der Waals surface area contributed by atoms with Crippen LogP contribution in [0.2, 0.25) is 0 Å². The van der Waals surface area contributed by atoms with Gasteiger partial charge in [-0.3, -0.25) is 10.1 Å². The summed E-state index contributed by atoms with van der Waals surface area (Å²) in [5, 5.41) is 14.4. The molecular weight excluding hydrogens is 341 g/mol. The van der Waals surface area contributed by atoms with Gasteiger partial charge in [-0.25, -0.2) is 0 Å². The molecule has 2 aliphatic heterocycles. The molecule has 0 aromatic heterocycles. The number of anilines is 1. The summed E-state index contributed by atoms with van der Waals surface area (Å²) in [6.07, 6.45) is 3.11. The maximum Gasteiger partial charge on any atom is 0.350 e. The number of nitrogens with zero attached hydrogens (tertiary/aromatic N) is 2. The maximum absolute atomic E-state index is 11.5. The molecule has 1 aromatic carbocycles. The summed E-state index contributed by atoms with van der Waals surface area (Å²) in [5.74, 6) is 0.497. The molecule has 3 rings (SSSR count). The van der Waals surface area contributed by atoms with Crippen LogP contribution in [0.5, 0.6) is 5.75 Å². The highest BCUT2D eigenvalue weighted by Crippen LogP contribution is 2.37. The van der Waals surface area contributed by atoms with Crippen molar-refractivity contribution in [3.8, 4) is 5.75 Å².